The van der Waals surface area contributed by atoms with E-state index in [1.807, 2.05) is 0 Å². The molecule has 2 aliphatic carbocycles. The summed E-state index contributed by atoms with van der Waals surface area (Å²) in [6, 6.07) is 0. The van der Waals surface area contributed by atoms with Gasteiger partial charge in [-0.15, -0.1) is 0 Å². The molecule has 1 aliphatic heterocycles. The number of fused-ring (bicyclic) bond motifs is 3. The molecule has 0 aromatic heterocycles. The summed E-state index contributed by atoms with van der Waals surface area (Å²) in [5, 5.41) is 0. The fraction of sp³-hybridized carbons (Fsp3) is 0.889. The largest absolute Gasteiger partial charge is 0.440 e. The van der Waals surface area contributed by atoms with E-state index in [0.29, 0.717) is 19.4 Å². The van der Waals surface area contributed by atoms with Crippen molar-refractivity contribution in [3.8, 4) is 12.5 Å². The van der Waals surface area contributed by atoms with Crippen molar-refractivity contribution in [1.82, 2.24) is 0 Å². The molecule has 8 unspecified atom stereocenters. The van der Waals surface area contributed by atoms with E-state index < -0.39 is 36.8 Å². The van der Waals surface area contributed by atoms with Crippen LogP contribution in [0.5, 0.6) is 0 Å². The van der Waals surface area contributed by atoms with Crippen LogP contribution in [0.2, 0.25) is 0 Å². The van der Waals surface area contributed by atoms with Crippen molar-refractivity contribution < 1.29 is 23.0 Å². The first kappa shape index (κ1) is 17.0. The lowest BCUT2D eigenvalue weighted by atomic mass is 9.71. The summed E-state index contributed by atoms with van der Waals surface area (Å²) in [7, 11) is 0. The predicted octanol–water partition coefficient (Wildman–Crippen LogP) is 3.41. The lowest BCUT2D eigenvalue weighted by molar-refractivity contribution is -0.125. The smallest absolute Gasteiger partial charge is 0.164 e. The van der Waals surface area contributed by atoms with Gasteiger partial charge in [0.15, 0.2) is 12.3 Å². The first-order chi connectivity index (χ1) is 11.2. The van der Waals surface area contributed by atoms with Crippen molar-refractivity contribution >= 4 is 0 Å². The van der Waals surface area contributed by atoms with Gasteiger partial charge in [0.05, 0.1) is 18.3 Å². The van der Waals surface area contributed by atoms with Crippen molar-refractivity contribution in [3.05, 3.63) is 0 Å². The molecule has 3 aliphatic rings. The maximum absolute atomic E-state index is 14.8. The second-order valence-corrected chi connectivity index (χ2v) is 6.97. The van der Waals surface area contributed by atoms with Crippen LogP contribution in [-0.2, 0) is 14.2 Å². The second-order valence-electron chi connectivity index (χ2n) is 6.97. The van der Waals surface area contributed by atoms with E-state index in [0.717, 1.165) is 25.7 Å². The first-order valence-corrected chi connectivity index (χ1v) is 8.83. The molecule has 0 bridgehead atoms. The van der Waals surface area contributed by atoms with Crippen molar-refractivity contribution in [2.24, 2.45) is 11.8 Å². The van der Waals surface area contributed by atoms with E-state index in [1.165, 1.54) is 0 Å². The highest BCUT2D eigenvalue weighted by Crippen LogP contribution is 2.49. The summed E-state index contributed by atoms with van der Waals surface area (Å²) in [6.45, 7) is 2.66. The molecule has 0 radical (unpaired) electrons. The molecular formula is C18H26F2O3. The standard InChI is InChI=1S/C18H26F2O3/c1-3-5-10-22-14-9-7-12-11-6-8-13(21-4-2)15(19)17(11)23-18(12)16(14)20/h2,11-18H,3,5-10H2,1H3. The molecular weight excluding hydrogens is 302 g/mol. The number of rotatable bonds is 5. The Morgan fingerprint density at radius 3 is 2.26 bits per heavy atom. The molecule has 3 fully saturated rings. The van der Waals surface area contributed by atoms with Crippen molar-refractivity contribution in [3.63, 3.8) is 0 Å². The minimum Gasteiger partial charge on any atom is -0.440 e. The van der Waals surface area contributed by atoms with Gasteiger partial charge in [-0.25, -0.2) is 8.78 Å². The lowest BCUT2D eigenvalue weighted by Crippen LogP contribution is -2.45. The van der Waals surface area contributed by atoms with Gasteiger partial charge in [0.1, 0.15) is 12.2 Å². The van der Waals surface area contributed by atoms with Gasteiger partial charge in [-0.05, 0) is 43.9 Å². The molecule has 5 heteroatoms. The Hall–Kier alpha value is -0.860. The maximum Gasteiger partial charge on any atom is 0.164 e. The predicted molar refractivity (Wildman–Crippen MR) is 82.3 cm³/mol. The van der Waals surface area contributed by atoms with Crippen LogP contribution in [0.15, 0.2) is 0 Å². The fourth-order valence-electron chi connectivity index (χ4n) is 4.47. The Morgan fingerprint density at radius 2 is 1.65 bits per heavy atom. The number of hydrogen-bond donors (Lipinski definition) is 0. The van der Waals surface area contributed by atoms with Gasteiger partial charge in [0, 0.05) is 6.61 Å². The number of halogens is 2. The summed E-state index contributed by atoms with van der Waals surface area (Å²) in [6.07, 6.45) is 7.40. The Bertz CT molecular complexity index is 438. The SMILES string of the molecule is C#COC1CCC2C3CCC(OCCCC)C(F)C3OC2C1F. The van der Waals surface area contributed by atoms with Crippen LogP contribution in [-0.4, -0.2) is 43.4 Å². The van der Waals surface area contributed by atoms with Gasteiger partial charge < -0.3 is 14.2 Å². The molecule has 1 heterocycles. The Kier molecular flexibility index (Phi) is 5.43. The van der Waals surface area contributed by atoms with Gasteiger partial charge in [0.25, 0.3) is 0 Å². The number of alkyl halides is 2. The lowest BCUT2D eigenvalue weighted by Gasteiger charge is -2.37. The van der Waals surface area contributed by atoms with Gasteiger partial charge >= 0.3 is 0 Å². The molecule has 0 spiro atoms. The molecule has 2 saturated carbocycles. The summed E-state index contributed by atoms with van der Waals surface area (Å²) >= 11 is 0. The summed E-state index contributed by atoms with van der Waals surface area (Å²) < 4.78 is 45.9. The number of ether oxygens (including phenoxy) is 3. The molecule has 0 amide bonds. The number of terminal acetylenes is 1. The first-order valence-electron chi connectivity index (χ1n) is 8.83. The van der Waals surface area contributed by atoms with Crippen LogP contribution < -0.4 is 0 Å². The van der Waals surface area contributed by atoms with E-state index in [2.05, 4.69) is 13.0 Å². The normalized spacial score (nSPS) is 45.8. The molecule has 8 atom stereocenters. The highest BCUT2D eigenvalue weighted by Gasteiger charge is 2.57. The van der Waals surface area contributed by atoms with Crippen molar-refractivity contribution in [2.75, 3.05) is 6.61 Å². The van der Waals surface area contributed by atoms with Crippen LogP contribution in [0, 0.1) is 24.4 Å². The van der Waals surface area contributed by atoms with Crippen LogP contribution >= 0.6 is 0 Å². The molecule has 1 saturated heterocycles. The molecule has 0 aromatic carbocycles. The van der Waals surface area contributed by atoms with Gasteiger partial charge in [-0.3, -0.25) is 0 Å². The summed E-state index contributed by atoms with van der Waals surface area (Å²) in [5.41, 5.74) is 0. The summed E-state index contributed by atoms with van der Waals surface area (Å²) in [5.74, 6) is 0.161. The Morgan fingerprint density at radius 1 is 1.04 bits per heavy atom. The number of hydrogen-bond acceptors (Lipinski definition) is 3. The van der Waals surface area contributed by atoms with Gasteiger partial charge in [-0.1, -0.05) is 19.8 Å². The highest BCUT2D eigenvalue weighted by atomic mass is 19.1. The monoisotopic (exact) mass is 328 g/mol. The van der Waals surface area contributed by atoms with Crippen LogP contribution in [0.25, 0.3) is 0 Å². The third kappa shape index (κ3) is 3.21. The van der Waals surface area contributed by atoms with E-state index in [9.17, 15) is 8.78 Å². The molecule has 3 nitrogen and oxygen atoms in total. The molecule has 0 aromatic rings. The zero-order valence-electron chi connectivity index (χ0n) is 13.6. The van der Waals surface area contributed by atoms with Crippen molar-refractivity contribution in [1.29, 1.82) is 0 Å². The maximum atomic E-state index is 14.8. The average molecular weight is 328 g/mol. The van der Waals surface area contributed by atoms with E-state index in [1.54, 1.807) is 0 Å². The van der Waals surface area contributed by atoms with E-state index in [-0.39, 0.29) is 11.8 Å². The van der Waals surface area contributed by atoms with E-state index >= 15 is 0 Å². The summed E-state index contributed by atoms with van der Waals surface area (Å²) in [4.78, 5) is 0. The third-order valence-electron chi connectivity index (χ3n) is 5.66. The zero-order valence-corrected chi connectivity index (χ0v) is 13.6. The zero-order chi connectivity index (χ0) is 16.4. The minimum absolute atomic E-state index is 0.0717. The fourth-order valence-corrected chi connectivity index (χ4v) is 4.47. The van der Waals surface area contributed by atoms with Crippen molar-refractivity contribution in [2.45, 2.75) is 82.2 Å². The minimum atomic E-state index is -1.28. The van der Waals surface area contributed by atoms with Gasteiger partial charge in [0.2, 0.25) is 0 Å². The molecule has 3 rings (SSSR count). The van der Waals surface area contributed by atoms with E-state index in [4.69, 9.17) is 20.6 Å². The Balaban J connectivity index is 1.63. The van der Waals surface area contributed by atoms with Gasteiger partial charge in [-0.2, -0.15) is 0 Å². The highest BCUT2D eigenvalue weighted by molar-refractivity contribution is 5.05. The average Bonchev–Trinajstić information content (AvgIpc) is 2.93. The Labute approximate surface area is 137 Å². The van der Waals surface area contributed by atoms with Crippen LogP contribution in [0.1, 0.15) is 45.4 Å². The molecule has 0 N–H and O–H groups in total. The second kappa shape index (κ2) is 7.36. The van der Waals surface area contributed by atoms with Crippen LogP contribution in [0.3, 0.4) is 0 Å². The third-order valence-corrected chi connectivity index (χ3v) is 5.66. The molecule has 23 heavy (non-hydrogen) atoms. The number of unbranched alkanes of at least 4 members (excludes halogenated alkanes) is 1. The van der Waals surface area contributed by atoms with Crippen LogP contribution in [0.4, 0.5) is 8.78 Å². The quantitative estimate of drug-likeness (QED) is 0.572. The molecule has 130 valence electrons. The topological polar surface area (TPSA) is 27.7 Å².